The SMILES string of the molecule is C.COc1ccccc1-c1ccn(C)n1. The van der Waals surface area contributed by atoms with E-state index in [1.165, 1.54) is 0 Å². The van der Waals surface area contributed by atoms with Crippen LogP contribution < -0.4 is 4.74 Å². The standard InChI is InChI=1S/C11H12N2O.CH4/c1-13-8-7-10(12-13)9-5-3-4-6-11(9)14-2;/h3-8H,1-2H3;1H4. The second-order valence-corrected chi connectivity index (χ2v) is 3.07. The van der Waals surface area contributed by atoms with Crippen molar-refractivity contribution in [2.24, 2.45) is 7.05 Å². The Bertz CT molecular complexity index is 435. The van der Waals surface area contributed by atoms with E-state index in [2.05, 4.69) is 5.10 Å². The molecule has 0 aliphatic heterocycles. The number of ether oxygens (including phenoxy) is 1. The smallest absolute Gasteiger partial charge is 0.128 e. The Morgan fingerprint density at radius 3 is 2.53 bits per heavy atom. The maximum Gasteiger partial charge on any atom is 0.128 e. The van der Waals surface area contributed by atoms with E-state index >= 15 is 0 Å². The van der Waals surface area contributed by atoms with Crippen LogP contribution in [0.25, 0.3) is 11.3 Å². The van der Waals surface area contributed by atoms with Crippen molar-refractivity contribution in [1.29, 1.82) is 0 Å². The van der Waals surface area contributed by atoms with Gasteiger partial charge >= 0.3 is 0 Å². The van der Waals surface area contributed by atoms with Crippen LogP contribution >= 0.6 is 0 Å². The largest absolute Gasteiger partial charge is 0.496 e. The summed E-state index contributed by atoms with van der Waals surface area (Å²) in [6.45, 7) is 0. The van der Waals surface area contributed by atoms with Gasteiger partial charge < -0.3 is 4.74 Å². The molecular formula is C12H16N2O. The predicted molar refractivity (Wildman–Crippen MR) is 61.9 cm³/mol. The number of rotatable bonds is 2. The third-order valence-electron chi connectivity index (χ3n) is 2.10. The molecule has 1 heterocycles. The van der Waals surface area contributed by atoms with E-state index in [1.54, 1.807) is 11.8 Å². The van der Waals surface area contributed by atoms with Gasteiger partial charge in [0.2, 0.25) is 0 Å². The number of aromatic nitrogens is 2. The Hall–Kier alpha value is -1.77. The van der Waals surface area contributed by atoms with Crippen LogP contribution in [0.5, 0.6) is 5.75 Å². The Labute approximate surface area is 90.3 Å². The summed E-state index contributed by atoms with van der Waals surface area (Å²) in [5.74, 6) is 0.853. The summed E-state index contributed by atoms with van der Waals surface area (Å²) >= 11 is 0. The highest BCUT2D eigenvalue weighted by Crippen LogP contribution is 2.27. The van der Waals surface area contributed by atoms with Gasteiger partial charge in [-0.15, -0.1) is 0 Å². The van der Waals surface area contributed by atoms with Crippen molar-refractivity contribution >= 4 is 0 Å². The first kappa shape index (κ1) is 11.3. The van der Waals surface area contributed by atoms with Crippen molar-refractivity contribution in [1.82, 2.24) is 9.78 Å². The zero-order chi connectivity index (χ0) is 9.97. The van der Waals surface area contributed by atoms with Crippen LogP contribution in [0.1, 0.15) is 7.43 Å². The fourth-order valence-corrected chi connectivity index (χ4v) is 1.41. The van der Waals surface area contributed by atoms with Gasteiger partial charge in [0.1, 0.15) is 5.75 Å². The second-order valence-electron chi connectivity index (χ2n) is 3.07. The lowest BCUT2D eigenvalue weighted by molar-refractivity contribution is 0.416. The van der Waals surface area contributed by atoms with Crippen LogP contribution in [-0.4, -0.2) is 16.9 Å². The van der Waals surface area contributed by atoms with Gasteiger partial charge in [0.25, 0.3) is 0 Å². The van der Waals surface area contributed by atoms with E-state index in [4.69, 9.17) is 4.74 Å². The molecule has 1 aromatic carbocycles. The van der Waals surface area contributed by atoms with Crippen LogP contribution in [0, 0.1) is 0 Å². The highest BCUT2D eigenvalue weighted by Gasteiger charge is 2.06. The molecule has 0 bridgehead atoms. The first-order chi connectivity index (χ1) is 6.81. The lowest BCUT2D eigenvalue weighted by Gasteiger charge is -2.04. The minimum Gasteiger partial charge on any atom is -0.496 e. The third kappa shape index (κ3) is 2.18. The average molecular weight is 204 g/mol. The zero-order valence-corrected chi connectivity index (χ0v) is 8.27. The Morgan fingerprint density at radius 1 is 1.20 bits per heavy atom. The highest BCUT2D eigenvalue weighted by molar-refractivity contribution is 5.66. The highest BCUT2D eigenvalue weighted by atomic mass is 16.5. The summed E-state index contributed by atoms with van der Waals surface area (Å²) in [6.07, 6.45) is 1.92. The van der Waals surface area contributed by atoms with Crippen LogP contribution in [0.15, 0.2) is 36.5 Å². The van der Waals surface area contributed by atoms with Gasteiger partial charge in [0, 0.05) is 18.8 Å². The minimum atomic E-state index is 0. The molecule has 0 unspecified atom stereocenters. The summed E-state index contributed by atoms with van der Waals surface area (Å²) in [5, 5.41) is 4.33. The predicted octanol–water partition coefficient (Wildman–Crippen LogP) is 2.73. The van der Waals surface area contributed by atoms with Crippen LogP contribution in [0.4, 0.5) is 0 Å². The summed E-state index contributed by atoms with van der Waals surface area (Å²) in [6, 6.07) is 9.83. The lowest BCUT2D eigenvalue weighted by Crippen LogP contribution is -1.90. The molecule has 3 heteroatoms. The minimum absolute atomic E-state index is 0. The van der Waals surface area contributed by atoms with Gasteiger partial charge in [-0.2, -0.15) is 5.10 Å². The summed E-state index contributed by atoms with van der Waals surface area (Å²) in [4.78, 5) is 0. The Balaban J connectivity index is 0.00000112. The maximum atomic E-state index is 5.26. The van der Waals surface area contributed by atoms with E-state index < -0.39 is 0 Å². The van der Waals surface area contributed by atoms with E-state index in [-0.39, 0.29) is 7.43 Å². The number of hydrogen-bond donors (Lipinski definition) is 0. The molecule has 0 N–H and O–H groups in total. The van der Waals surface area contributed by atoms with Crippen LogP contribution in [0.3, 0.4) is 0 Å². The lowest BCUT2D eigenvalue weighted by atomic mass is 10.1. The number of hydrogen-bond acceptors (Lipinski definition) is 2. The van der Waals surface area contributed by atoms with E-state index in [1.807, 2.05) is 43.6 Å². The summed E-state index contributed by atoms with van der Waals surface area (Å²) < 4.78 is 7.04. The number of para-hydroxylation sites is 1. The van der Waals surface area contributed by atoms with Crippen molar-refractivity contribution in [2.75, 3.05) is 7.11 Å². The molecule has 2 aromatic rings. The molecule has 0 atom stereocenters. The number of nitrogens with zero attached hydrogens (tertiary/aromatic N) is 2. The van der Waals surface area contributed by atoms with Crippen molar-refractivity contribution in [2.45, 2.75) is 7.43 Å². The van der Waals surface area contributed by atoms with E-state index in [9.17, 15) is 0 Å². The molecule has 0 aliphatic carbocycles. The van der Waals surface area contributed by atoms with E-state index in [0.717, 1.165) is 17.0 Å². The normalized spacial score (nSPS) is 9.47. The molecule has 0 saturated carbocycles. The number of aryl methyl sites for hydroxylation is 1. The Morgan fingerprint density at radius 2 is 1.93 bits per heavy atom. The first-order valence-corrected chi connectivity index (χ1v) is 4.44. The fourth-order valence-electron chi connectivity index (χ4n) is 1.41. The van der Waals surface area contributed by atoms with Crippen LogP contribution in [0.2, 0.25) is 0 Å². The summed E-state index contributed by atoms with van der Waals surface area (Å²) in [7, 11) is 3.57. The average Bonchev–Trinajstić information content (AvgIpc) is 2.65. The molecule has 0 fully saturated rings. The molecule has 80 valence electrons. The molecule has 0 radical (unpaired) electrons. The molecule has 2 rings (SSSR count). The zero-order valence-electron chi connectivity index (χ0n) is 8.27. The van der Waals surface area contributed by atoms with Gasteiger partial charge in [0.15, 0.2) is 0 Å². The maximum absolute atomic E-state index is 5.26. The van der Waals surface area contributed by atoms with Crippen molar-refractivity contribution in [3.63, 3.8) is 0 Å². The van der Waals surface area contributed by atoms with Gasteiger partial charge in [0.05, 0.1) is 12.8 Å². The third-order valence-corrected chi connectivity index (χ3v) is 2.10. The van der Waals surface area contributed by atoms with Crippen LogP contribution in [-0.2, 0) is 7.05 Å². The monoisotopic (exact) mass is 204 g/mol. The van der Waals surface area contributed by atoms with Crippen molar-refractivity contribution in [3.05, 3.63) is 36.5 Å². The molecule has 1 aromatic heterocycles. The summed E-state index contributed by atoms with van der Waals surface area (Å²) in [5.41, 5.74) is 1.96. The first-order valence-electron chi connectivity index (χ1n) is 4.44. The van der Waals surface area contributed by atoms with Gasteiger partial charge in [-0.1, -0.05) is 19.6 Å². The molecule has 0 spiro atoms. The fraction of sp³-hybridized carbons (Fsp3) is 0.250. The second kappa shape index (κ2) is 4.64. The van der Waals surface area contributed by atoms with Gasteiger partial charge in [-0.05, 0) is 18.2 Å². The van der Waals surface area contributed by atoms with Gasteiger partial charge in [-0.25, -0.2) is 0 Å². The molecule has 15 heavy (non-hydrogen) atoms. The molecule has 0 saturated heterocycles. The van der Waals surface area contributed by atoms with Crippen molar-refractivity contribution in [3.8, 4) is 17.0 Å². The number of benzene rings is 1. The quantitative estimate of drug-likeness (QED) is 0.752. The molecule has 0 amide bonds. The number of methoxy groups -OCH3 is 1. The Kier molecular flexibility index (Phi) is 3.50. The molecular weight excluding hydrogens is 188 g/mol. The van der Waals surface area contributed by atoms with E-state index in [0.29, 0.717) is 0 Å². The topological polar surface area (TPSA) is 27.1 Å². The molecule has 0 aliphatic rings. The molecule has 3 nitrogen and oxygen atoms in total. The van der Waals surface area contributed by atoms with Gasteiger partial charge in [-0.3, -0.25) is 4.68 Å². The van der Waals surface area contributed by atoms with Crippen molar-refractivity contribution < 1.29 is 4.74 Å².